The van der Waals surface area contributed by atoms with Gasteiger partial charge < -0.3 is 5.32 Å². The summed E-state index contributed by atoms with van der Waals surface area (Å²) in [5, 5.41) is 4.15. The number of nitrogens with one attached hydrogen (secondary N) is 1. The molecule has 1 saturated carbocycles. The molecule has 2 rings (SSSR count). The fourth-order valence-electron chi connectivity index (χ4n) is 2.43. The molecule has 94 valence electrons. The van der Waals surface area contributed by atoms with Gasteiger partial charge in [0.1, 0.15) is 5.82 Å². The van der Waals surface area contributed by atoms with Gasteiger partial charge in [-0.3, -0.25) is 0 Å². The Morgan fingerprint density at radius 2 is 2.12 bits per heavy atom. The van der Waals surface area contributed by atoms with Crippen molar-refractivity contribution in [2.45, 2.75) is 45.1 Å². The summed E-state index contributed by atoms with van der Waals surface area (Å²) in [5.41, 5.74) is 0. The first-order valence-electron chi connectivity index (χ1n) is 6.26. The smallest absolute Gasteiger partial charge is 0.145 e. The molecule has 1 aromatic heterocycles. The predicted octanol–water partition coefficient (Wildman–Crippen LogP) is 4.88. The molecule has 0 aromatic carbocycles. The highest BCUT2D eigenvalue weighted by atomic mass is 79.9. The lowest BCUT2D eigenvalue weighted by atomic mass is 9.84. The number of hydrogen-bond donors (Lipinski definition) is 1. The van der Waals surface area contributed by atoms with E-state index in [1.54, 1.807) is 6.20 Å². The summed E-state index contributed by atoms with van der Waals surface area (Å²) in [6.07, 6.45) is 8.19. The Morgan fingerprint density at radius 3 is 2.71 bits per heavy atom. The Labute approximate surface area is 116 Å². The molecule has 1 aromatic rings. The fourth-order valence-corrected chi connectivity index (χ4v) is 3.11. The Hall–Kier alpha value is -0.280. The number of rotatable bonds is 3. The lowest BCUT2D eigenvalue weighted by Crippen LogP contribution is -2.26. The Kier molecular flexibility index (Phi) is 4.69. The highest BCUT2D eigenvalue weighted by Crippen LogP contribution is 2.30. The number of anilines is 1. The van der Waals surface area contributed by atoms with Gasteiger partial charge in [0.2, 0.25) is 0 Å². The molecule has 4 heteroatoms. The minimum Gasteiger partial charge on any atom is -0.366 e. The molecule has 0 spiro atoms. The van der Waals surface area contributed by atoms with Gasteiger partial charge >= 0.3 is 0 Å². The minimum atomic E-state index is 0.531. The monoisotopic (exact) mass is 316 g/mol. The molecule has 1 heterocycles. The SMILES string of the molecule is CCC1CCC(Nc2ncc(Br)cc2Cl)CC1. The van der Waals surface area contributed by atoms with Gasteiger partial charge in [0.05, 0.1) is 5.02 Å². The van der Waals surface area contributed by atoms with E-state index in [1.165, 1.54) is 32.1 Å². The number of hydrogen-bond acceptors (Lipinski definition) is 2. The third-order valence-electron chi connectivity index (χ3n) is 3.57. The van der Waals surface area contributed by atoms with Crippen LogP contribution in [0.15, 0.2) is 16.7 Å². The van der Waals surface area contributed by atoms with Crippen LogP contribution in [-0.2, 0) is 0 Å². The van der Waals surface area contributed by atoms with Gasteiger partial charge in [0.15, 0.2) is 0 Å². The van der Waals surface area contributed by atoms with Crippen LogP contribution >= 0.6 is 27.5 Å². The average molecular weight is 318 g/mol. The van der Waals surface area contributed by atoms with Crippen LogP contribution in [0.3, 0.4) is 0 Å². The molecular weight excluding hydrogens is 300 g/mol. The zero-order valence-corrected chi connectivity index (χ0v) is 12.4. The summed E-state index contributed by atoms with van der Waals surface area (Å²) in [7, 11) is 0. The fraction of sp³-hybridized carbons (Fsp3) is 0.615. The maximum absolute atomic E-state index is 6.15. The second-order valence-electron chi connectivity index (χ2n) is 4.75. The second kappa shape index (κ2) is 6.05. The third kappa shape index (κ3) is 3.59. The van der Waals surface area contributed by atoms with E-state index in [1.807, 2.05) is 6.07 Å². The van der Waals surface area contributed by atoms with Crippen molar-refractivity contribution in [1.29, 1.82) is 0 Å². The van der Waals surface area contributed by atoms with Crippen LogP contribution in [0.25, 0.3) is 0 Å². The summed E-state index contributed by atoms with van der Waals surface area (Å²) >= 11 is 9.51. The van der Waals surface area contributed by atoms with Crippen molar-refractivity contribution in [3.63, 3.8) is 0 Å². The van der Waals surface area contributed by atoms with Gasteiger partial charge in [0.25, 0.3) is 0 Å². The van der Waals surface area contributed by atoms with Crippen molar-refractivity contribution >= 4 is 33.3 Å². The van der Waals surface area contributed by atoms with Crippen LogP contribution in [0.5, 0.6) is 0 Å². The minimum absolute atomic E-state index is 0.531. The molecule has 1 fully saturated rings. The number of halogens is 2. The first kappa shape index (κ1) is 13.2. The van der Waals surface area contributed by atoms with Gasteiger partial charge in [-0.2, -0.15) is 0 Å². The van der Waals surface area contributed by atoms with Crippen molar-refractivity contribution in [1.82, 2.24) is 4.98 Å². The van der Waals surface area contributed by atoms with Crippen LogP contribution in [0, 0.1) is 5.92 Å². The Morgan fingerprint density at radius 1 is 1.41 bits per heavy atom. The maximum Gasteiger partial charge on any atom is 0.145 e. The molecule has 0 bridgehead atoms. The molecule has 2 nitrogen and oxygen atoms in total. The van der Waals surface area contributed by atoms with Gasteiger partial charge in [0, 0.05) is 16.7 Å². The van der Waals surface area contributed by atoms with Gasteiger partial charge in [-0.1, -0.05) is 24.9 Å². The van der Waals surface area contributed by atoms with E-state index in [9.17, 15) is 0 Å². The Balaban J connectivity index is 1.93. The first-order chi connectivity index (χ1) is 8.19. The highest BCUT2D eigenvalue weighted by Gasteiger charge is 2.20. The van der Waals surface area contributed by atoms with E-state index < -0.39 is 0 Å². The zero-order chi connectivity index (χ0) is 12.3. The number of pyridine rings is 1. The molecular formula is C13H18BrClN2. The van der Waals surface area contributed by atoms with E-state index in [0.29, 0.717) is 11.1 Å². The third-order valence-corrected chi connectivity index (χ3v) is 4.29. The van der Waals surface area contributed by atoms with Crippen molar-refractivity contribution in [3.05, 3.63) is 21.8 Å². The molecule has 0 saturated heterocycles. The van der Waals surface area contributed by atoms with E-state index in [4.69, 9.17) is 11.6 Å². The Bertz CT molecular complexity index is 376. The lowest BCUT2D eigenvalue weighted by Gasteiger charge is -2.29. The topological polar surface area (TPSA) is 24.9 Å². The van der Waals surface area contributed by atoms with Crippen LogP contribution in [-0.4, -0.2) is 11.0 Å². The second-order valence-corrected chi connectivity index (χ2v) is 6.08. The molecule has 1 aliphatic rings. The first-order valence-corrected chi connectivity index (χ1v) is 7.43. The molecule has 1 aliphatic carbocycles. The molecule has 1 N–H and O–H groups in total. The molecule has 0 atom stereocenters. The van der Waals surface area contributed by atoms with Gasteiger partial charge in [-0.05, 0) is 53.6 Å². The normalized spacial score (nSPS) is 24.6. The predicted molar refractivity (Wildman–Crippen MR) is 76.6 cm³/mol. The number of aromatic nitrogens is 1. The summed E-state index contributed by atoms with van der Waals surface area (Å²) in [5.74, 6) is 1.73. The summed E-state index contributed by atoms with van der Waals surface area (Å²) in [6.45, 7) is 2.28. The summed E-state index contributed by atoms with van der Waals surface area (Å²) in [4.78, 5) is 4.32. The summed E-state index contributed by atoms with van der Waals surface area (Å²) < 4.78 is 0.919. The molecule has 0 aliphatic heterocycles. The maximum atomic E-state index is 6.15. The van der Waals surface area contributed by atoms with Crippen molar-refractivity contribution in [2.75, 3.05) is 5.32 Å². The number of nitrogens with zero attached hydrogens (tertiary/aromatic N) is 1. The largest absolute Gasteiger partial charge is 0.366 e. The molecule has 0 radical (unpaired) electrons. The van der Waals surface area contributed by atoms with E-state index in [-0.39, 0.29) is 0 Å². The zero-order valence-electron chi connectivity index (χ0n) is 10.0. The highest BCUT2D eigenvalue weighted by molar-refractivity contribution is 9.10. The van der Waals surface area contributed by atoms with E-state index >= 15 is 0 Å². The van der Waals surface area contributed by atoms with Crippen LogP contribution < -0.4 is 5.32 Å². The molecule has 0 amide bonds. The quantitative estimate of drug-likeness (QED) is 0.859. The van der Waals surface area contributed by atoms with Gasteiger partial charge in [-0.25, -0.2) is 4.98 Å². The van der Waals surface area contributed by atoms with E-state index in [0.717, 1.165) is 16.2 Å². The standard InChI is InChI=1S/C13H18BrClN2/c1-2-9-3-5-11(6-4-9)17-13-12(15)7-10(14)8-16-13/h7-9,11H,2-6H2,1H3,(H,16,17). The van der Waals surface area contributed by atoms with Crippen molar-refractivity contribution in [3.8, 4) is 0 Å². The molecule has 17 heavy (non-hydrogen) atoms. The van der Waals surface area contributed by atoms with Gasteiger partial charge in [-0.15, -0.1) is 0 Å². The van der Waals surface area contributed by atoms with Crippen LogP contribution in [0.1, 0.15) is 39.0 Å². The van der Waals surface area contributed by atoms with Crippen molar-refractivity contribution < 1.29 is 0 Å². The van der Waals surface area contributed by atoms with Crippen LogP contribution in [0.2, 0.25) is 5.02 Å². The van der Waals surface area contributed by atoms with E-state index in [2.05, 4.69) is 33.2 Å². The van der Waals surface area contributed by atoms with Crippen LogP contribution in [0.4, 0.5) is 5.82 Å². The lowest BCUT2D eigenvalue weighted by molar-refractivity contribution is 0.330. The summed E-state index contributed by atoms with van der Waals surface area (Å²) in [6, 6.07) is 2.41. The average Bonchev–Trinajstić information content (AvgIpc) is 2.34. The van der Waals surface area contributed by atoms with Crippen molar-refractivity contribution in [2.24, 2.45) is 5.92 Å². The molecule has 0 unspecified atom stereocenters.